The summed E-state index contributed by atoms with van der Waals surface area (Å²) in [5, 5.41) is 10.4. The van der Waals surface area contributed by atoms with Gasteiger partial charge in [-0.05, 0) is 30.2 Å². The van der Waals surface area contributed by atoms with E-state index in [1.54, 1.807) is 6.20 Å². The molecule has 3 N–H and O–H groups in total. The average Bonchev–Trinajstić information content (AvgIpc) is 3.14. The van der Waals surface area contributed by atoms with E-state index in [2.05, 4.69) is 27.9 Å². The molecule has 4 rings (SSSR count). The Morgan fingerprint density at radius 2 is 1.79 bits per heavy atom. The van der Waals surface area contributed by atoms with Crippen molar-refractivity contribution in [3.8, 4) is 22.5 Å². The molecule has 1 amide bonds. The van der Waals surface area contributed by atoms with Crippen molar-refractivity contribution in [1.29, 1.82) is 0 Å². The van der Waals surface area contributed by atoms with Gasteiger partial charge < -0.3 is 15.4 Å². The van der Waals surface area contributed by atoms with Gasteiger partial charge in [-0.25, -0.2) is 0 Å². The number of amides is 1. The van der Waals surface area contributed by atoms with Gasteiger partial charge in [0.05, 0.1) is 5.69 Å². The molecule has 0 saturated carbocycles. The molecule has 0 unspecified atom stereocenters. The van der Waals surface area contributed by atoms with Crippen LogP contribution in [0.1, 0.15) is 16.1 Å². The lowest BCUT2D eigenvalue weighted by Crippen LogP contribution is -2.31. The second kappa shape index (κ2) is 8.22. The maximum absolute atomic E-state index is 11.9. The Kier molecular flexibility index (Phi) is 5.72. The van der Waals surface area contributed by atoms with Crippen molar-refractivity contribution in [2.24, 2.45) is 0 Å². The lowest BCUT2D eigenvalue weighted by atomic mass is 10.1. The smallest absolute Gasteiger partial charge is 0.448 e. The second-order valence-corrected chi connectivity index (χ2v) is 6.33. The number of pyridine rings is 1. The maximum atomic E-state index is 11.9. The van der Waals surface area contributed by atoms with E-state index in [9.17, 15) is 18.0 Å². The molecule has 8 heteroatoms. The number of carbonyl (C=O) groups is 1. The zero-order valence-electron chi connectivity index (χ0n) is 15.3. The first-order valence-corrected chi connectivity index (χ1v) is 8.72. The molecule has 0 saturated heterocycles. The minimum absolute atomic E-state index is 0.0233. The van der Waals surface area contributed by atoms with Crippen molar-refractivity contribution in [2.75, 3.05) is 6.54 Å². The number of aliphatic hydroxyl groups is 1. The Hall–Kier alpha value is -3.55. The molecule has 150 valence electrons. The number of hydrogen-bond acceptors (Lipinski definition) is 3. The van der Waals surface area contributed by atoms with Crippen LogP contribution in [0, 0.1) is 0 Å². The molecule has 1 aliphatic rings. The van der Waals surface area contributed by atoms with Crippen molar-refractivity contribution in [3.63, 3.8) is 0 Å². The molecule has 0 fully saturated rings. The highest BCUT2D eigenvalue weighted by Crippen LogP contribution is 2.27. The average molecular weight is 401 g/mol. The van der Waals surface area contributed by atoms with Crippen LogP contribution in [0.15, 0.2) is 67.1 Å². The summed E-state index contributed by atoms with van der Waals surface area (Å²) >= 11 is 0. The standard InChI is InChI=1S/C18H15N3O.C3H3F3O/c22-18-17-14(7-9-20-18)11-16(21-17)13-6-8-19-15(10-13)12-4-2-1-3-5-12;1-2(7)3(4,5)6/h1-6,8,10-11,21H,7,9H2,(H,20,22);7H,1H2. The van der Waals surface area contributed by atoms with Crippen molar-refractivity contribution < 1.29 is 23.1 Å². The van der Waals surface area contributed by atoms with Gasteiger partial charge in [0.25, 0.3) is 5.91 Å². The summed E-state index contributed by atoms with van der Waals surface area (Å²) in [4.78, 5) is 19.5. The third kappa shape index (κ3) is 4.84. The van der Waals surface area contributed by atoms with Gasteiger partial charge >= 0.3 is 6.18 Å². The van der Waals surface area contributed by atoms with E-state index >= 15 is 0 Å². The predicted molar refractivity (Wildman–Crippen MR) is 103 cm³/mol. The summed E-state index contributed by atoms with van der Waals surface area (Å²) in [6.45, 7) is 2.96. The van der Waals surface area contributed by atoms with Crippen LogP contribution in [0.5, 0.6) is 0 Å². The minimum atomic E-state index is -4.64. The quantitative estimate of drug-likeness (QED) is 0.547. The van der Waals surface area contributed by atoms with Crippen LogP contribution in [-0.4, -0.2) is 33.7 Å². The molecule has 5 nitrogen and oxygen atoms in total. The highest BCUT2D eigenvalue weighted by molar-refractivity contribution is 5.96. The zero-order valence-corrected chi connectivity index (χ0v) is 15.3. The monoisotopic (exact) mass is 401 g/mol. The molecular formula is C21H18F3N3O2. The number of nitrogens with zero attached hydrogens (tertiary/aromatic N) is 1. The van der Waals surface area contributed by atoms with E-state index in [0.717, 1.165) is 34.5 Å². The van der Waals surface area contributed by atoms with Crippen LogP contribution in [0.3, 0.4) is 0 Å². The molecule has 0 aliphatic carbocycles. The molecule has 1 aromatic carbocycles. The first-order valence-electron chi connectivity index (χ1n) is 8.72. The first kappa shape index (κ1) is 20.2. The minimum Gasteiger partial charge on any atom is -0.505 e. The van der Waals surface area contributed by atoms with Crippen molar-refractivity contribution in [1.82, 2.24) is 15.3 Å². The van der Waals surface area contributed by atoms with Crippen LogP contribution in [0.4, 0.5) is 13.2 Å². The number of aliphatic hydroxyl groups excluding tert-OH is 1. The summed E-state index contributed by atoms with van der Waals surface area (Å²) in [7, 11) is 0. The van der Waals surface area contributed by atoms with E-state index in [4.69, 9.17) is 5.11 Å². The number of allylic oxidation sites excluding steroid dienone is 1. The lowest BCUT2D eigenvalue weighted by Gasteiger charge is -2.10. The molecule has 2 aromatic heterocycles. The van der Waals surface area contributed by atoms with Crippen molar-refractivity contribution in [3.05, 3.63) is 78.3 Å². The topological polar surface area (TPSA) is 78.0 Å². The highest BCUT2D eigenvalue weighted by atomic mass is 19.4. The number of alkyl halides is 3. The Labute approximate surface area is 164 Å². The number of nitrogens with one attached hydrogen (secondary N) is 2. The summed E-state index contributed by atoms with van der Waals surface area (Å²) in [5.41, 5.74) is 5.77. The van der Waals surface area contributed by atoms with Gasteiger partial charge in [0.2, 0.25) is 0 Å². The Balaban J connectivity index is 0.000000298. The normalized spacial score (nSPS) is 13.0. The number of H-pyrrole nitrogens is 1. The van der Waals surface area contributed by atoms with Crippen LogP contribution >= 0.6 is 0 Å². The number of aromatic amines is 1. The Morgan fingerprint density at radius 1 is 1.10 bits per heavy atom. The van der Waals surface area contributed by atoms with E-state index in [1.165, 1.54) is 0 Å². The van der Waals surface area contributed by atoms with Crippen LogP contribution in [0.2, 0.25) is 0 Å². The molecule has 3 aromatic rings. The van der Waals surface area contributed by atoms with Gasteiger partial charge in [0.1, 0.15) is 5.69 Å². The molecule has 3 heterocycles. The summed E-state index contributed by atoms with van der Waals surface area (Å²) < 4.78 is 32.5. The number of carbonyl (C=O) groups excluding carboxylic acids is 1. The maximum Gasteiger partial charge on any atom is 0.448 e. The molecular weight excluding hydrogens is 383 g/mol. The lowest BCUT2D eigenvalue weighted by molar-refractivity contribution is -0.119. The molecule has 0 spiro atoms. The van der Waals surface area contributed by atoms with Gasteiger partial charge in [-0.3, -0.25) is 9.78 Å². The number of fused-ring (bicyclic) bond motifs is 1. The van der Waals surface area contributed by atoms with Crippen LogP contribution in [-0.2, 0) is 6.42 Å². The number of aromatic nitrogens is 2. The zero-order chi connectivity index (χ0) is 21.0. The van der Waals surface area contributed by atoms with E-state index in [1.807, 2.05) is 42.5 Å². The van der Waals surface area contributed by atoms with Crippen molar-refractivity contribution >= 4 is 5.91 Å². The molecule has 0 bridgehead atoms. The van der Waals surface area contributed by atoms with Crippen LogP contribution < -0.4 is 5.32 Å². The largest absolute Gasteiger partial charge is 0.505 e. The van der Waals surface area contributed by atoms with Crippen molar-refractivity contribution in [2.45, 2.75) is 12.6 Å². The fraction of sp³-hybridized carbons (Fsp3) is 0.143. The van der Waals surface area contributed by atoms with Gasteiger partial charge in [0.15, 0.2) is 5.76 Å². The van der Waals surface area contributed by atoms with Gasteiger partial charge in [-0.1, -0.05) is 36.9 Å². The SMILES string of the molecule is C=C(O)C(F)(F)F.O=C1NCCc2cc(-c3ccnc(-c4ccccc4)c3)[nH]c21. The molecule has 0 radical (unpaired) electrons. The third-order valence-electron chi connectivity index (χ3n) is 4.27. The van der Waals surface area contributed by atoms with E-state index < -0.39 is 11.9 Å². The summed E-state index contributed by atoms with van der Waals surface area (Å²) in [5.74, 6) is -1.78. The van der Waals surface area contributed by atoms with Crippen LogP contribution in [0.25, 0.3) is 22.5 Å². The summed E-state index contributed by atoms with van der Waals surface area (Å²) in [6.07, 6.45) is -1.97. The fourth-order valence-corrected chi connectivity index (χ4v) is 2.82. The van der Waals surface area contributed by atoms with E-state index in [0.29, 0.717) is 12.2 Å². The fourth-order valence-electron chi connectivity index (χ4n) is 2.82. The Bertz CT molecular complexity index is 1030. The van der Waals surface area contributed by atoms with Gasteiger partial charge in [-0.15, -0.1) is 0 Å². The first-order chi connectivity index (χ1) is 13.8. The number of benzene rings is 1. The highest BCUT2D eigenvalue weighted by Gasteiger charge is 2.31. The van der Waals surface area contributed by atoms with Gasteiger partial charge in [0, 0.05) is 29.6 Å². The predicted octanol–water partition coefficient (Wildman–Crippen LogP) is 4.65. The number of hydrogen-bond donors (Lipinski definition) is 3. The Morgan fingerprint density at radius 3 is 2.41 bits per heavy atom. The molecule has 1 aliphatic heterocycles. The summed E-state index contributed by atoms with van der Waals surface area (Å²) in [6, 6.07) is 16.1. The molecule has 0 atom stereocenters. The molecule has 29 heavy (non-hydrogen) atoms. The van der Waals surface area contributed by atoms with E-state index in [-0.39, 0.29) is 5.91 Å². The third-order valence-corrected chi connectivity index (χ3v) is 4.27. The number of halogens is 3. The second-order valence-electron chi connectivity index (χ2n) is 6.33. The van der Waals surface area contributed by atoms with Gasteiger partial charge in [-0.2, -0.15) is 13.2 Å². The number of rotatable bonds is 2.